The van der Waals surface area contributed by atoms with E-state index in [0.29, 0.717) is 11.6 Å². The van der Waals surface area contributed by atoms with Gasteiger partial charge in [-0.15, -0.1) is 0 Å². The molecular formula is C22H26F2N2O2. The molecule has 0 radical (unpaired) electrons. The molecule has 0 aliphatic carbocycles. The van der Waals surface area contributed by atoms with E-state index in [-0.39, 0.29) is 17.0 Å². The Morgan fingerprint density at radius 3 is 2.07 bits per heavy atom. The van der Waals surface area contributed by atoms with Crippen LogP contribution in [-0.4, -0.2) is 17.9 Å². The van der Waals surface area contributed by atoms with E-state index >= 15 is 0 Å². The second-order valence-electron chi connectivity index (χ2n) is 8.14. The highest BCUT2D eigenvalue weighted by atomic mass is 19.1. The van der Waals surface area contributed by atoms with Gasteiger partial charge in [-0.1, -0.05) is 46.8 Å². The summed E-state index contributed by atoms with van der Waals surface area (Å²) >= 11 is 0. The average Bonchev–Trinajstić information content (AvgIpc) is 2.60. The van der Waals surface area contributed by atoms with Gasteiger partial charge in [-0.2, -0.15) is 0 Å². The second kappa shape index (κ2) is 8.50. The predicted octanol–water partition coefficient (Wildman–Crippen LogP) is 4.66. The lowest BCUT2D eigenvalue weighted by molar-refractivity contribution is -0.118. The number of amides is 2. The van der Waals surface area contributed by atoms with Gasteiger partial charge >= 0.3 is 0 Å². The number of nitrogens with one attached hydrogen (secondary N) is 2. The summed E-state index contributed by atoms with van der Waals surface area (Å²) in [7, 11) is 0. The lowest BCUT2D eigenvalue weighted by atomic mass is 9.86. The summed E-state index contributed by atoms with van der Waals surface area (Å²) in [5, 5.41) is 5.10. The van der Waals surface area contributed by atoms with E-state index in [1.54, 1.807) is 26.0 Å². The summed E-state index contributed by atoms with van der Waals surface area (Å²) in [4.78, 5) is 25.1. The number of rotatable bonds is 5. The van der Waals surface area contributed by atoms with Crippen LogP contribution in [0.5, 0.6) is 0 Å². The fourth-order valence-corrected chi connectivity index (χ4v) is 2.68. The van der Waals surface area contributed by atoms with Crippen molar-refractivity contribution >= 4 is 17.5 Å². The van der Waals surface area contributed by atoms with Gasteiger partial charge in [0.1, 0.15) is 17.7 Å². The zero-order chi connectivity index (χ0) is 21.1. The van der Waals surface area contributed by atoms with Gasteiger partial charge in [-0.25, -0.2) is 8.78 Å². The molecule has 0 saturated heterocycles. The lowest BCUT2D eigenvalue weighted by Gasteiger charge is -2.22. The molecule has 0 heterocycles. The molecule has 0 aliphatic heterocycles. The molecule has 0 aliphatic rings. The van der Waals surface area contributed by atoms with Crippen LogP contribution in [-0.2, 0) is 10.2 Å². The molecule has 1 unspecified atom stereocenters. The van der Waals surface area contributed by atoms with E-state index in [9.17, 15) is 18.4 Å². The minimum atomic E-state index is -0.876. The van der Waals surface area contributed by atoms with Crippen molar-refractivity contribution in [1.82, 2.24) is 5.32 Å². The van der Waals surface area contributed by atoms with Gasteiger partial charge in [0.15, 0.2) is 0 Å². The van der Waals surface area contributed by atoms with Gasteiger partial charge in [0.05, 0.1) is 5.69 Å². The van der Waals surface area contributed by atoms with E-state index in [1.165, 1.54) is 0 Å². The summed E-state index contributed by atoms with van der Waals surface area (Å²) in [5.41, 5.74) is 1.35. The van der Waals surface area contributed by atoms with Crippen molar-refractivity contribution in [1.29, 1.82) is 0 Å². The first kappa shape index (κ1) is 21.5. The number of hydrogen-bond donors (Lipinski definition) is 2. The zero-order valence-corrected chi connectivity index (χ0v) is 16.8. The Hall–Kier alpha value is -2.76. The smallest absolute Gasteiger partial charge is 0.251 e. The van der Waals surface area contributed by atoms with Gasteiger partial charge in [0.2, 0.25) is 5.91 Å². The number of carbonyl (C=O) groups excluding carboxylic acids is 2. The largest absolute Gasteiger partial charge is 0.340 e. The normalized spacial score (nSPS) is 12.6. The predicted molar refractivity (Wildman–Crippen MR) is 106 cm³/mol. The van der Waals surface area contributed by atoms with E-state index in [1.807, 2.05) is 12.1 Å². The van der Waals surface area contributed by atoms with E-state index < -0.39 is 29.5 Å². The summed E-state index contributed by atoms with van der Waals surface area (Å²) in [6.07, 6.45) is 0. The van der Waals surface area contributed by atoms with Crippen molar-refractivity contribution in [3.63, 3.8) is 0 Å². The summed E-state index contributed by atoms with van der Waals surface area (Å²) in [6, 6.07) is 9.20. The van der Waals surface area contributed by atoms with Crippen LogP contribution < -0.4 is 10.6 Å². The number of halogens is 2. The van der Waals surface area contributed by atoms with E-state index in [4.69, 9.17) is 0 Å². The SMILES string of the molecule is CC(C)C(NC(=O)c1ccc(C(C)(C)C)cc1)C(=O)Nc1ccc(F)cc1F. The maximum atomic E-state index is 13.8. The molecule has 2 amide bonds. The fourth-order valence-electron chi connectivity index (χ4n) is 2.68. The van der Waals surface area contributed by atoms with Crippen LogP contribution in [0.15, 0.2) is 42.5 Å². The second-order valence-corrected chi connectivity index (χ2v) is 8.14. The van der Waals surface area contributed by atoms with Gasteiger partial charge in [-0.3, -0.25) is 9.59 Å². The average molecular weight is 388 g/mol. The van der Waals surface area contributed by atoms with Crippen LogP contribution in [0.4, 0.5) is 14.5 Å². The molecule has 150 valence electrons. The fraction of sp³-hybridized carbons (Fsp3) is 0.364. The molecule has 2 aromatic carbocycles. The van der Waals surface area contributed by atoms with Crippen LogP contribution in [0.2, 0.25) is 0 Å². The highest BCUT2D eigenvalue weighted by Gasteiger charge is 2.26. The molecule has 0 saturated carbocycles. The Labute approximate surface area is 164 Å². The maximum Gasteiger partial charge on any atom is 0.251 e. The molecule has 0 aromatic heterocycles. The van der Waals surface area contributed by atoms with Crippen molar-refractivity contribution in [2.24, 2.45) is 5.92 Å². The number of benzene rings is 2. The number of carbonyl (C=O) groups is 2. The zero-order valence-electron chi connectivity index (χ0n) is 16.8. The summed E-state index contributed by atoms with van der Waals surface area (Å²) in [5.74, 6) is -2.81. The van der Waals surface area contributed by atoms with Crippen LogP contribution >= 0.6 is 0 Å². The van der Waals surface area contributed by atoms with Crippen LogP contribution in [0, 0.1) is 17.6 Å². The number of anilines is 1. The third-order valence-corrected chi connectivity index (χ3v) is 4.44. The molecule has 1 atom stereocenters. The molecule has 28 heavy (non-hydrogen) atoms. The molecule has 0 spiro atoms. The first-order chi connectivity index (χ1) is 13.0. The van der Waals surface area contributed by atoms with Crippen LogP contribution in [0.25, 0.3) is 0 Å². The monoisotopic (exact) mass is 388 g/mol. The Kier molecular flexibility index (Phi) is 6.54. The first-order valence-corrected chi connectivity index (χ1v) is 9.16. The van der Waals surface area contributed by atoms with Crippen molar-refractivity contribution in [2.45, 2.75) is 46.1 Å². The third kappa shape index (κ3) is 5.38. The van der Waals surface area contributed by atoms with Crippen molar-refractivity contribution in [3.8, 4) is 0 Å². The lowest BCUT2D eigenvalue weighted by Crippen LogP contribution is -2.47. The molecule has 2 rings (SSSR count). The standard InChI is InChI=1S/C22H26F2N2O2/c1-13(2)19(21(28)25-18-11-10-16(23)12-17(18)24)26-20(27)14-6-8-15(9-7-14)22(3,4)5/h6-13,19H,1-5H3,(H,25,28)(H,26,27). The Balaban J connectivity index is 2.13. The highest BCUT2D eigenvalue weighted by Crippen LogP contribution is 2.22. The molecule has 6 heteroatoms. The Morgan fingerprint density at radius 1 is 0.964 bits per heavy atom. The summed E-state index contributed by atoms with van der Waals surface area (Å²) in [6.45, 7) is 9.78. The van der Waals surface area contributed by atoms with Crippen molar-refractivity contribution in [2.75, 3.05) is 5.32 Å². The third-order valence-electron chi connectivity index (χ3n) is 4.44. The van der Waals surface area contributed by atoms with Crippen molar-refractivity contribution < 1.29 is 18.4 Å². The summed E-state index contributed by atoms with van der Waals surface area (Å²) < 4.78 is 26.8. The quantitative estimate of drug-likeness (QED) is 0.783. The van der Waals surface area contributed by atoms with Gasteiger partial charge in [0, 0.05) is 11.6 Å². The topological polar surface area (TPSA) is 58.2 Å². The minimum absolute atomic E-state index is 0.0331. The van der Waals surface area contributed by atoms with Crippen LogP contribution in [0.3, 0.4) is 0 Å². The molecule has 0 bridgehead atoms. The number of hydrogen-bond acceptors (Lipinski definition) is 2. The molecule has 0 fully saturated rings. The van der Waals surface area contributed by atoms with Gasteiger partial charge in [0.25, 0.3) is 5.91 Å². The minimum Gasteiger partial charge on any atom is -0.340 e. The van der Waals surface area contributed by atoms with Gasteiger partial charge < -0.3 is 10.6 Å². The van der Waals surface area contributed by atoms with Gasteiger partial charge in [-0.05, 0) is 41.2 Å². The van der Waals surface area contributed by atoms with E-state index in [0.717, 1.165) is 17.7 Å². The molecule has 2 aromatic rings. The van der Waals surface area contributed by atoms with E-state index in [2.05, 4.69) is 31.4 Å². The highest BCUT2D eigenvalue weighted by molar-refractivity contribution is 6.01. The molecule has 4 nitrogen and oxygen atoms in total. The molecular weight excluding hydrogens is 362 g/mol. The van der Waals surface area contributed by atoms with Crippen LogP contribution in [0.1, 0.15) is 50.5 Å². The Morgan fingerprint density at radius 2 is 1.57 bits per heavy atom. The Bertz CT molecular complexity index is 856. The van der Waals surface area contributed by atoms with Crippen molar-refractivity contribution in [3.05, 3.63) is 65.2 Å². The molecule has 2 N–H and O–H groups in total. The maximum absolute atomic E-state index is 13.8. The first-order valence-electron chi connectivity index (χ1n) is 9.16.